The average molecular weight is 1100 g/mol. The number of hydrogen-bond acceptors (Lipinski definition) is 10. The van der Waals surface area contributed by atoms with Gasteiger partial charge in [-0.05, 0) is 96.3 Å². The molecule has 6 N–H and O–H groups in total. The minimum atomic E-state index is -1.62. The van der Waals surface area contributed by atoms with Crippen LogP contribution in [0.2, 0.25) is 0 Å². The Morgan fingerprint density at radius 2 is 0.885 bits per heavy atom. The number of rotatable bonds is 54. The molecule has 1 heterocycles. The van der Waals surface area contributed by atoms with Crippen molar-refractivity contribution in [3.05, 3.63) is 72.9 Å². The first kappa shape index (κ1) is 73.1. The minimum Gasteiger partial charge on any atom is -0.454 e. The van der Waals surface area contributed by atoms with Crippen molar-refractivity contribution in [3.63, 3.8) is 0 Å². The SMILES string of the molecule is CCCCC/C=C\C/C=C\C/C=C\C/C=C\CCCCCCCCC(O)C(=O)NC(COC1OC(CO)C(O)C(O)C1OC(=O)CCCCC/C=C\CCCCCCCCC)C(O)/C=C/CCCCCCCCCCCCC. The summed E-state index contributed by atoms with van der Waals surface area (Å²) in [5.74, 6) is -1.22. The fraction of sp³-hybridized carbons (Fsp3) is 0.791. The smallest absolute Gasteiger partial charge is 0.306 e. The Balaban J connectivity index is 2.68. The standard InChI is InChI=1S/C67H119NO10/c1-4-7-10-13-16-19-22-25-27-28-29-30-31-32-33-34-36-39-42-45-48-51-54-60(71)66(75)68-58(59(70)53-50-47-44-41-38-35-24-21-18-15-12-9-6-3)57-76-67-65(64(74)63(73)61(56-69)77-67)78-62(72)55-52-49-46-43-40-37-26-23-20-17-14-11-8-5-2/h16,19,25,27,29-30,32-33,37,40,50,53,58-61,63-65,67,69-71,73-74H,4-15,17-18,20-24,26,28,31,34-36,38-39,41-49,51-52,54-57H2,1-3H3,(H,68,75)/b19-16-,27-25-,30-29-,33-32-,40-37-,53-50+. The molecule has 8 atom stereocenters. The third kappa shape index (κ3) is 42.0. The number of hydrogen-bond donors (Lipinski definition) is 6. The van der Waals surface area contributed by atoms with Crippen LogP contribution in [0.3, 0.4) is 0 Å². The molecule has 11 nitrogen and oxygen atoms in total. The van der Waals surface area contributed by atoms with Gasteiger partial charge in [-0.15, -0.1) is 0 Å². The lowest BCUT2D eigenvalue weighted by molar-refractivity contribution is -0.305. The summed E-state index contributed by atoms with van der Waals surface area (Å²) < 4.78 is 17.6. The normalized spacial score (nSPS) is 19.4. The van der Waals surface area contributed by atoms with Gasteiger partial charge in [0, 0.05) is 6.42 Å². The molecule has 0 bridgehead atoms. The lowest BCUT2D eigenvalue weighted by Gasteiger charge is -2.41. The molecule has 0 aromatic heterocycles. The number of ether oxygens (including phenoxy) is 3. The number of carbonyl (C=O) groups is 2. The molecule has 0 spiro atoms. The second-order valence-corrected chi connectivity index (χ2v) is 22.1. The Labute approximate surface area is 477 Å². The number of carbonyl (C=O) groups excluding carboxylic acids is 2. The molecule has 8 unspecified atom stereocenters. The fourth-order valence-corrected chi connectivity index (χ4v) is 9.69. The van der Waals surface area contributed by atoms with E-state index in [1.54, 1.807) is 6.08 Å². The molecular formula is C67H119NO10. The molecule has 1 saturated heterocycles. The molecule has 0 radical (unpaired) electrons. The Morgan fingerprint density at radius 3 is 1.36 bits per heavy atom. The van der Waals surface area contributed by atoms with Crippen molar-refractivity contribution in [1.29, 1.82) is 0 Å². The first-order chi connectivity index (χ1) is 38.2. The van der Waals surface area contributed by atoms with Crippen LogP contribution in [-0.4, -0.2) is 99.6 Å². The van der Waals surface area contributed by atoms with Crippen molar-refractivity contribution < 1.29 is 49.3 Å². The predicted octanol–water partition coefficient (Wildman–Crippen LogP) is 15.6. The van der Waals surface area contributed by atoms with Crippen molar-refractivity contribution >= 4 is 11.9 Å². The molecule has 0 aromatic carbocycles. The van der Waals surface area contributed by atoms with Crippen LogP contribution in [-0.2, 0) is 23.8 Å². The van der Waals surface area contributed by atoms with Gasteiger partial charge in [-0.2, -0.15) is 0 Å². The maximum absolute atomic E-state index is 13.4. The zero-order valence-corrected chi connectivity index (χ0v) is 50.0. The highest BCUT2D eigenvalue weighted by atomic mass is 16.7. The van der Waals surface area contributed by atoms with E-state index in [0.717, 1.165) is 103 Å². The van der Waals surface area contributed by atoms with Gasteiger partial charge in [0.1, 0.15) is 24.4 Å². The van der Waals surface area contributed by atoms with Crippen LogP contribution in [0, 0.1) is 0 Å². The van der Waals surface area contributed by atoms with Crippen molar-refractivity contribution in [2.45, 2.75) is 327 Å². The van der Waals surface area contributed by atoms with Crippen LogP contribution in [0.4, 0.5) is 0 Å². The van der Waals surface area contributed by atoms with Crippen LogP contribution in [0.5, 0.6) is 0 Å². The molecular weight excluding hydrogens is 979 g/mol. The molecule has 0 aliphatic carbocycles. The monoisotopic (exact) mass is 1100 g/mol. The molecule has 78 heavy (non-hydrogen) atoms. The second kappa shape index (κ2) is 54.7. The van der Waals surface area contributed by atoms with Crippen LogP contribution < -0.4 is 5.32 Å². The molecule has 1 amide bonds. The summed E-state index contributed by atoms with van der Waals surface area (Å²) in [7, 11) is 0. The van der Waals surface area contributed by atoms with Gasteiger partial charge in [0.15, 0.2) is 12.4 Å². The van der Waals surface area contributed by atoms with Crippen molar-refractivity contribution in [2.75, 3.05) is 13.2 Å². The number of unbranched alkanes of at least 4 members (excludes halogenated alkanes) is 30. The number of aliphatic hydroxyl groups is 5. The minimum absolute atomic E-state index is 0.100. The molecule has 1 aliphatic heterocycles. The summed E-state index contributed by atoms with van der Waals surface area (Å²) >= 11 is 0. The van der Waals surface area contributed by atoms with E-state index in [-0.39, 0.29) is 19.4 Å². The van der Waals surface area contributed by atoms with E-state index >= 15 is 0 Å². The van der Waals surface area contributed by atoms with E-state index in [1.807, 2.05) is 6.08 Å². The van der Waals surface area contributed by atoms with E-state index in [4.69, 9.17) is 14.2 Å². The largest absolute Gasteiger partial charge is 0.454 e. The van der Waals surface area contributed by atoms with E-state index in [1.165, 1.54) is 128 Å². The molecule has 0 saturated carbocycles. The van der Waals surface area contributed by atoms with Gasteiger partial charge in [0.2, 0.25) is 5.91 Å². The zero-order valence-electron chi connectivity index (χ0n) is 50.0. The number of aliphatic hydroxyl groups excluding tert-OH is 5. The summed E-state index contributed by atoms with van der Waals surface area (Å²) in [5.41, 5.74) is 0. The Bertz CT molecular complexity index is 1540. The maximum atomic E-state index is 13.4. The third-order valence-corrected chi connectivity index (χ3v) is 14.8. The van der Waals surface area contributed by atoms with Crippen molar-refractivity contribution in [3.8, 4) is 0 Å². The van der Waals surface area contributed by atoms with E-state index in [9.17, 15) is 35.1 Å². The number of allylic oxidation sites excluding steroid dienone is 11. The van der Waals surface area contributed by atoms with Gasteiger partial charge in [0.25, 0.3) is 0 Å². The summed E-state index contributed by atoms with van der Waals surface area (Å²) in [6.07, 6.45) is 59.3. The zero-order chi connectivity index (χ0) is 56.8. The van der Waals surface area contributed by atoms with Gasteiger partial charge in [-0.1, -0.05) is 248 Å². The summed E-state index contributed by atoms with van der Waals surface area (Å²) in [6.45, 7) is 5.75. The van der Waals surface area contributed by atoms with Gasteiger partial charge in [-0.25, -0.2) is 0 Å². The first-order valence-corrected chi connectivity index (χ1v) is 32.2. The predicted molar refractivity (Wildman–Crippen MR) is 324 cm³/mol. The molecule has 1 rings (SSSR count). The average Bonchev–Trinajstić information content (AvgIpc) is 3.45. The van der Waals surface area contributed by atoms with Crippen molar-refractivity contribution in [2.24, 2.45) is 0 Å². The van der Waals surface area contributed by atoms with Gasteiger partial charge in [-0.3, -0.25) is 9.59 Å². The molecule has 452 valence electrons. The summed E-state index contributed by atoms with van der Waals surface area (Å²) in [5, 5.41) is 57.0. The van der Waals surface area contributed by atoms with Crippen LogP contribution in [0.1, 0.15) is 278 Å². The van der Waals surface area contributed by atoms with Gasteiger partial charge >= 0.3 is 5.97 Å². The quantitative estimate of drug-likeness (QED) is 0.0195. The first-order valence-electron chi connectivity index (χ1n) is 32.2. The van der Waals surface area contributed by atoms with E-state index in [0.29, 0.717) is 12.8 Å². The third-order valence-electron chi connectivity index (χ3n) is 14.8. The lowest BCUT2D eigenvalue weighted by atomic mass is 9.99. The van der Waals surface area contributed by atoms with Crippen LogP contribution in [0.15, 0.2) is 72.9 Å². The number of nitrogens with one attached hydrogen (secondary N) is 1. The Kier molecular flexibility index (Phi) is 51.3. The molecule has 11 heteroatoms. The van der Waals surface area contributed by atoms with Gasteiger partial charge < -0.3 is 45.1 Å². The van der Waals surface area contributed by atoms with Gasteiger partial charge in [0.05, 0.1) is 25.4 Å². The van der Waals surface area contributed by atoms with E-state index < -0.39 is 67.4 Å². The Morgan fingerprint density at radius 1 is 0.500 bits per heavy atom. The summed E-state index contributed by atoms with van der Waals surface area (Å²) in [4.78, 5) is 26.6. The molecule has 1 fully saturated rings. The maximum Gasteiger partial charge on any atom is 0.306 e. The number of esters is 1. The fourth-order valence-electron chi connectivity index (χ4n) is 9.69. The summed E-state index contributed by atoms with van der Waals surface area (Å²) in [6, 6.07) is -1.04. The highest BCUT2D eigenvalue weighted by Gasteiger charge is 2.47. The Hall–Kier alpha value is -2.90. The van der Waals surface area contributed by atoms with Crippen LogP contribution in [0.25, 0.3) is 0 Å². The lowest BCUT2D eigenvalue weighted by Crippen LogP contribution is -2.61. The highest BCUT2D eigenvalue weighted by Crippen LogP contribution is 2.26. The van der Waals surface area contributed by atoms with E-state index in [2.05, 4.69) is 86.8 Å². The van der Waals surface area contributed by atoms with Crippen LogP contribution >= 0.6 is 0 Å². The highest BCUT2D eigenvalue weighted by molar-refractivity contribution is 5.80. The molecule has 0 aromatic rings. The molecule has 1 aliphatic rings. The van der Waals surface area contributed by atoms with Crippen molar-refractivity contribution in [1.82, 2.24) is 5.32 Å². The second-order valence-electron chi connectivity index (χ2n) is 22.1. The topological polar surface area (TPSA) is 175 Å². The number of amides is 1.